The van der Waals surface area contributed by atoms with E-state index >= 15 is 0 Å². The van der Waals surface area contributed by atoms with E-state index in [-0.39, 0.29) is 5.82 Å². The van der Waals surface area contributed by atoms with Crippen molar-refractivity contribution in [2.75, 3.05) is 5.73 Å². The van der Waals surface area contributed by atoms with E-state index in [0.29, 0.717) is 5.82 Å². The minimum Gasteiger partial charge on any atom is -0.382 e. The summed E-state index contributed by atoms with van der Waals surface area (Å²) in [6, 6.07) is 6.20. The molecular weight excluding hydrogens is 227 g/mol. The van der Waals surface area contributed by atoms with Gasteiger partial charge in [-0.1, -0.05) is 11.3 Å². The second kappa shape index (κ2) is 3.28. The number of hydrogen-bond acceptors (Lipinski definition) is 4. The van der Waals surface area contributed by atoms with Crippen molar-refractivity contribution in [1.82, 2.24) is 14.6 Å². The third kappa shape index (κ3) is 1.43. The quantitative estimate of drug-likeness (QED) is 0.702. The van der Waals surface area contributed by atoms with E-state index in [4.69, 9.17) is 5.73 Å². The van der Waals surface area contributed by atoms with E-state index in [1.54, 1.807) is 22.8 Å². The van der Waals surface area contributed by atoms with Crippen LogP contribution in [0.1, 0.15) is 0 Å². The molecule has 0 aliphatic rings. The zero-order valence-corrected chi connectivity index (χ0v) is 8.91. The fourth-order valence-electron chi connectivity index (χ4n) is 1.43. The normalized spacial score (nSPS) is 11.1. The highest BCUT2D eigenvalue weighted by Gasteiger charge is 2.08. The zero-order chi connectivity index (χ0) is 11.1. The Morgan fingerprint density at radius 2 is 2.00 bits per heavy atom. The lowest BCUT2D eigenvalue weighted by atomic mass is 10.2. The van der Waals surface area contributed by atoms with E-state index in [2.05, 4.69) is 10.1 Å². The Labute approximate surface area is 94.2 Å². The molecule has 6 heteroatoms. The van der Waals surface area contributed by atoms with Gasteiger partial charge in [0.25, 0.3) is 0 Å². The molecular formula is C10H7FN4S. The summed E-state index contributed by atoms with van der Waals surface area (Å²) >= 11 is 1.42. The molecule has 0 spiro atoms. The molecule has 16 heavy (non-hydrogen) atoms. The lowest BCUT2D eigenvalue weighted by Gasteiger charge is -1.93. The summed E-state index contributed by atoms with van der Waals surface area (Å²) < 4.78 is 14.4. The van der Waals surface area contributed by atoms with E-state index in [1.807, 2.05) is 0 Å². The molecule has 1 aromatic carbocycles. The first kappa shape index (κ1) is 9.29. The van der Waals surface area contributed by atoms with Crippen molar-refractivity contribution in [3.63, 3.8) is 0 Å². The van der Waals surface area contributed by atoms with Crippen LogP contribution in [-0.2, 0) is 0 Å². The summed E-state index contributed by atoms with van der Waals surface area (Å²) in [5, 5.41) is 5.10. The van der Waals surface area contributed by atoms with Crippen molar-refractivity contribution in [3.05, 3.63) is 36.3 Å². The third-order valence-corrected chi connectivity index (χ3v) is 3.12. The highest BCUT2D eigenvalue weighted by molar-refractivity contribution is 7.19. The molecule has 4 nitrogen and oxygen atoms in total. The molecule has 0 saturated heterocycles. The van der Waals surface area contributed by atoms with Gasteiger partial charge in [0.1, 0.15) is 16.6 Å². The second-order valence-electron chi connectivity index (χ2n) is 3.31. The molecule has 0 aliphatic carbocycles. The number of imidazole rings is 1. The summed E-state index contributed by atoms with van der Waals surface area (Å²) in [5.74, 6) is 0.193. The van der Waals surface area contributed by atoms with E-state index < -0.39 is 0 Å². The molecule has 0 radical (unpaired) electrons. The van der Waals surface area contributed by atoms with Crippen LogP contribution in [0.5, 0.6) is 0 Å². The standard InChI is InChI=1S/C10H7FN4S/c11-7-3-1-6(2-4-7)9-14-15-5-8(12)13-10(15)16-9/h1-5H,12H2. The van der Waals surface area contributed by atoms with Crippen molar-refractivity contribution in [2.24, 2.45) is 0 Å². The SMILES string of the molecule is Nc1cn2nc(-c3ccc(F)cc3)sc2n1. The van der Waals surface area contributed by atoms with Crippen molar-refractivity contribution < 1.29 is 4.39 Å². The molecule has 0 amide bonds. The minimum atomic E-state index is -0.255. The summed E-state index contributed by atoms with van der Waals surface area (Å²) in [6.07, 6.45) is 1.65. The van der Waals surface area contributed by atoms with Crippen LogP contribution < -0.4 is 5.73 Å². The van der Waals surface area contributed by atoms with Gasteiger partial charge in [-0.05, 0) is 24.3 Å². The number of anilines is 1. The van der Waals surface area contributed by atoms with Crippen LogP contribution in [0, 0.1) is 5.82 Å². The summed E-state index contributed by atoms with van der Waals surface area (Å²) in [7, 11) is 0. The molecule has 2 N–H and O–H groups in total. The number of hydrogen-bond donors (Lipinski definition) is 1. The van der Waals surface area contributed by atoms with Gasteiger partial charge in [0.05, 0.1) is 6.20 Å². The average Bonchev–Trinajstić information content (AvgIpc) is 2.75. The van der Waals surface area contributed by atoms with Crippen molar-refractivity contribution in [1.29, 1.82) is 0 Å². The lowest BCUT2D eigenvalue weighted by molar-refractivity contribution is 0.628. The second-order valence-corrected chi connectivity index (χ2v) is 4.26. The number of nitrogens with two attached hydrogens (primary N) is 1. The molecule has 0 bridgehead atoms. The average molecular weight is 234 g/mol. The van der Waals surface area contributed by atoms with Gasteiger partial charge in [0.15, 0.2) is 0 Å². The Balaban J connectivity index is 2.11. The number of fused-ring (bicyclic) bond motifs is 1. The van der Waals surface area contributed by atoms with Crippen LogP contribution in [0.2, 0.25) is 0 Å². The fraction of sp³-hybridized carbons (Fsp3) is 0. The number of rotatable bonds is 1. The topological polar surface area (TPSA) is 56.2 Å². The predicted octanol–water partition coefficient (Wildman–Crippen LogP) is 2.18. The molecule has 0 fully saturated rings. The number of nitrogen functional groups attached to an aromatic ring is 1. The van der Waals surface area contributed by atoms with Gasteiger partial charge < -0.3 is 5.73 Å². The first-order chi connectivity index (χ1) is 7.72. The van der Waals surface area contributed by atoms with Gasteiger partial charge >= 0.3 is 0 Å². The monoisotopic (exact) mass is 234 g/mol. The molecule has 0 aliphatic heterocycles. The fourth-order valence-corrected chi connectivity index (χ4v) is 2.32. The highest BCUT2D eigenvalue weighted by Crippen LogP contribution is 2.25. The number of nitrogens with zero attached hydrogens (tertiary/aromatic N) is 3. The maximum absolute atomic E-state index is 12.7. The largest absolute Gasteiger partial charge is 0.382 e. The molecule has 0 atom stereocenters. The maximum atomic E-state index is 12.7. The van der Waals surface area contributed by atoms with Gasteiger partial charge in [0, 0.05) is 5.56 Å². The van der Waals surface area contributed by atoms with Crippen LogP contribution in [0.25, 0.3) is 15.5 Å². The summed E-state index contributed by atoms with van der Waals surface area (Å²) in [6.45, 7) is 0. The van der Waals surface area contributed by atoms with Crippen molar-refractivity contribution in [3.8, 4) is 10.6 Å². The van der Waals surface area contributed by atoms with Gasteiger partial charge in [-0.15, -0.1) is 0 Å². The summed E-state index contributed by atoms with van der Waals surface area (Å²) in [4.78, 5) is 4.83. The van der Waals surface area contributed by atoms with E-state index in [9.17, 15) is 4.39 Å². The first-order valence-electron chi connectivity index (χ1n) is 4.60. The van der Waals surface area contributed by atoms with E-state index in [0.717, 1.165) is 15.5 Å². The third-order valence-electron chi connectivity index (χ3n) is 2.15. The van der Waals surface area contributed by atoms with Crippen LogP contribution in [0.4, 0.5) is 10.2 Å². The zero-order valence-electron chi connectivity index (χ0n) is 8.09. The molecule has 2 heterocycles. The molecule has 0 saturated carbocycles. The molecule has 3 rings (SSSR count). The predicted molar refractivity (Wildman–Crippen MR) is 60.7 cm³/mol. The molecule has 80 valence electrons. The van der Waals surface area contributed by atoms with Crippen molar-refractivity contribution in [2.45, 2.75) is 0 Å². The Morgan fingerprint density at radius 3 is 2.69 bits per heavy atom. The van der Waals surface area contributed by atoms with Gasteiger partial charge in [-0.25, -0.2) is 13.9 Å². The summed E-state index contributed by atoms with van der Waals surface area (Å²) in [5.41, 5.74) is 6.40. The minimum absolute atomic E-state index is 0.255. The molecule has 0 unspecified atom stereocenters. The molecule has 3 aromatic rings. The number of benzene rings is 1. The van der Waals surface area contributed by atoms with Crippen LogP contribution in [-0.4, -0.2) is 14.6 Å². The van der Waals surface area contributed by atoms with Crippen LogP contribution in [0.3, 0.4) is 0 Å². The Bertz CT molecular complexity index is 609. The maximum Gasteiger partial charge on any atom is 0.214 e. The van der Waals surface area contributed by atoms with E-state index in [1.165, 1.54) is 23.5 Å². The first-order valence-corrected chi connectivity index (χ1v) is 5.42. The van der Waals surface area contributed by atoms with Crippen LogP contribution in [0.15, 0.2) is 30.5 Å². The van der Waals surface area contributed by atoms with Gasteiger partial charge in [0.2, 0.25) is 4.96 Å². The Morgan fingerprint density at radius 1 is 1.25 bits per heavy atom. The lowest BCUT2D eigenvalue weighted by Crippen LogP contribution is -1.84. The smallest absolute Gasteiger partial charge is 0.214 e. The van der Waals surface area contributed by atoms with Crippen LogP contribution >= 0.6 is 11.3 Å². The van der Waals surface area contributed by atoms with Gasteiger partial charge in [-0.3, -0.25) is 0 Å². The Hall–Kier alpha value is -1.95. The number of aromatic nitrogens is 3. The molecule has 2 aromatic heterocycles. The highest BCUT2D eigenvalue weighted by atomic mass is 32.1. The number of halogens is 1. The van der Waals surface area contributed by atoms with Gasteiger partial charge in [-0.2, -0.15) is 5.10 Å². The Kier molecular flexibility index (Phi) is 1.90. The van der Waals surface area contributed by atoms with Crippen molar-refractivity contribution >= 4 is 22.1 Å².